The summed E-state index contributed by atoms with van der Waals surface area (Å²) in [5.74, 6) is -0.231. The van der Waals surface area contributed by atoms with Crippen LogP contribution in [0, 0.1) is 28.5 Å². The van der Waals surface area contributed by atoms with Gasteiger partial charge in [-0.1, -0.05) is 0 Å². The fraction of sp³-hybridized carbons (Fsp3) is 0.100. The lowest BCUT2D eigenvalue weighted by Gasteiger charge is -2.12. The molecule has 29 heavy (non-hydrogen) atoms. The largest absolute Gasteiger partial charge is 0.383 e. The highest BCUT2D eigenvalue weighted by Crippen LogP contribution is 2.36. The maximum absolute atomic E-state index is 12.9. The number of benzene rings is 1. The van der Waals surface area contributed by atoms with Crippen molar-refractivity contribution in [2.24, 2.45) is 0 Å². The first kappa shape index (κ1) is 20.3. The van der Waals surface area contributed by atoms with Crippen LogP contribution in [0.5, 0.6) is 0 Å². The fourth-order valence-electron chi connectivity index (χ4n) is 2.60. The monoisotopic (exact) mass is 423 g/mol. The zero-order chi connectivity index (χ0) is 20.8. The van der Waals surface area contributed by atoms with Gasteiger partial charge < -0.3 is 11.1 Å². The Morgan fingerprint density at radius 2 is 1.93 bits per heavy atom. The van der Waals surface area contributed by atoms with Gasteiger partial charge in [-0.2, -0.15) is 21.9 Å². The van der Waals surface area contributed by atoms with Gasteiger partial charge in [0.15, 0.2) is 0 Å². The number of thiophene rings is 1. The van der Waals surface area contributed by atoms with Gasteiger partial charge in [-0.15, -0.1) is 11.8 Å². The van der Waals surface area contributed by atoms with Crippen LogP contribution in [0.1, 0.15) is 17.5 Å². The molecule has 3 rings (SSSR count). The number of nitrogen functional groups attached to an aromatic ring is 1. The molecule has 6 nitrogen and oxygen atoms in total. The number of hydrogen-bond donors (Lipinski definition) is 2. The van der Waals surface area contributed by atoms with Gasteiger partial charge in [0.1, 0.15) is 34.4 Å². The van der Waals surface area contributed by atoms with E-state index in [2.05, 4.69) is 16.4 Å². The predicted molar refractivity (Wildman–Crippen MR) is 112 cm³/mol. The molecule has 0 radical (unpaired) electrons. The molecular weight excluding hydrogens is 409 g/mol. The quantitative estimate of drug-likeness (QED) is 0.568. The second-order valence-electron chi connectivity index (χ2n) is 5.82. The van der Waals surface area contributed by atoms with Crippen LogP contribution < -0.4 is 11.1 Å². The Morgan fingerprint density at radius 1 is 1.21 bits per heavy atom. The molecule has 2 heterocycles. The Hall–Kier alpha value is -3.40. The molecule has 0 unspecified atom stereocenters. The number of hydrogen-bond acceptors (Lipinski definition) is 7. The van der Waals surface area contributed by atoms with Gasteiger partial charge >= 0.3 is 0 Å². The molecule has 3 aromatic rings. The van der Waals surface area contributed by atoms with Crippen LogP contribution in [0.4, 0.5) is 15.9 Å². The molecule has 0 atom stereocenters. The number of aromatic nitrogens is 1. The van der Waals surface area contributed by atoms with Crippen molar-refractivity contribution in [1.82, 2.24) is 4.98 Å². The van der Waals surface area contributed by atoms with Crippen LogP contribution >= 0.6 is 23.1 Å². The van der Waals surface area contributed by atoms with E-state index in [0.717, 1.165) is 5.56 Å². The first-order valence-corrected chi connectivity index (χ1v) is 10.3. The van der Waals surface area contributed by atoms with E-state index >= 15 is 0 Å². The van der Waals surface area contributed by atoms with Gasteiger partial charge in [-0.3, -0.25) is 4.79 Å². The summed E-state index contributed by atoms with van der Waals surface area (Å²) in [4.78, 5) is 16.3. The molecule has 0 bridgehead atoms. The smallest absolute Gasteiger partial charge is 0.225 e. The van der Waals surface area contributed by atoms with E-state index in [1.54, 1.807) is 0 Å². The van der Waals surface area contributed by atoms with Crippen molar-refractivity contribution in [2.45, 2.75) is 11.4 Å². The SMILES string of the molecule is N#Cc1c(N)nc(SCCC(=O)Nc2ccc(F)cc2)c(C#N)c1-c1ccsc1. The van der Waals surface area contributed by atoms with Crippen molar-refractivity contribution in [3.63, 3.8) is 0 Å². The lowest BCUT2D eigenvalue weighted by molar-refractivity contribution is -0.115. The molecule has 9 heteroatoms. The maximum Gasteiger partial charge on any atom is 0.225 e. The Morgan fingerprint density at radius 3 is 2.55 bits per heavy atom. The Balaban J connectivity index is 1.76. The molecule has 0 aliphatic carbocycles. The summed E-state index contributed by atoms with van der Waals surface area (Å²) in [5.41, 5.74) is 8.06. The molecule has 3 N–H and O–H groups in total. The van der Waals surface area contributed by atoms with Crippen LogP contribution in [-0.2, 0) is 4.79 Å². The minimum Gasteiger partial charge on any atom is -0.383 e. The first-order valence-electron chi connectivity index (χ1n) is 8.38. The van der Waals surface area contributed by atoms with Crippen molar-refractivity contribution in [3.8, 4) is 23.3 Å². The third-order valence-corrected chi connectivity index (χ3v) is 5.58. The van der Waals surface area contributed by atoms with Crippen molar-refractivity contribution in [2.75, 3.05) is 16.8 Å². The van der Waals surface area contributed by atoms with Crippen LogP contribution in [0.2, 0.25) is 0 Å². The van der Waals surface area contributed by atoms with Gasteiger partial charge in [0, 0.05) is 23.4 Å². The summed E-state index contributed by atoms with van der Waals surface area (Å²) in [6.45, 7) is 0. The summed E-state index contributed by atoms with van der Waals surface area (Å²) >= 11 is 2.66. The molecule has 0 aliphatic heterocycles. The van der Waals surface area contributed by atoms with Crippen LogP contribution in [0.25, 0.3) is 11.1 Å². The predicted octanol–water partition coefficient (Wildman–Crippen LogP) is 4.40. The number of amides is 1. The summed E-state index contributed by atoms with van der Waals surface area (Å²) in [6.07, 6.45) is 0.155. The van der Waals surface area contributed by atoms with Crippen molar-refractivity contribution in [1.29, 1.82) is 10.5 Å². The number of thioether (sulfide) groups is 1. The summed E-state index contributed by atoms with van der Waals surface area (Å²) in [6, 6.07) is 11.4. The van der Waals surface area contributed by atoms with E-state index in [4.69, 9.17) is 5.73 Å². The summed E-state index contributed by atoms with van der Waals surface area (Å²) in [7, 11) is 0. The molecule has 2 aromatic heterocycles. The molecular formula is C20H14FN5OS2. The van der Waals surface area contributed by atoms with E-state index < -0.39 is 0 Å². The van der Waals surface area contributed by atoms with Crippen LogP contribution in [0.15, 0.2) is 46.1 Å². The topological polar surface area (TPSA) is 116 Å². The molecule has 0 fully saturated rings. The number of anilines is 2. The number of halogens is 1. The van der Waals surface area contributed by atoms with Gasteiger partial charge in [-0.05, 0) is 46.7 Å². The molecule has 0 saturated carbocycles. The molecule has 0 spiro atoms. The molecule has 144 valence electrons. The van der Waals surface area contributed by atoms with Crippen molar-refractivity contribution >= 4 is 40.5 Å². The Labute approximate surface area is 174 Å². The van der Waals surface area contributed by atoms with E-state index in [1.165, 1.54) is 47.4 Å². The first-order chi connectivity index (χ1) is 14.0. The lowest BCUT2D eigenvalue weighted by Crippen LogP contribution is -2.12. The van der Waals surface area contributed by atoms with E-state index in [0.29, 0.717) is 22.0 Å². The number of nitrogens with one attached hydrogen (secondary N) is 1. The second kappa shape index (κ2) is 9.20. The van der Waals surface area contributed by atoms with Gasteiger partial charge in [0.05, 0.1) is 5.56 Å². The number of nitrogens with zero attached hydrogens (tertiary/aromatic N) is 3. The lowest BCUT2D eigenvalue weighted by atomic mass is 9.99. The van der Waals surface area contributed by atoms with E-state index in [1.807, 2.05) is 22.9 Å². The zero-order valence-electron chi connectivity index (χ0n) is 15.0. The number of nitriles is 2. The molecule has 1 aromatic carbocycles. The Kier molecular flexibility index (Phi) is 6.45. The summed E-state index contributed by atoms with van der Waals surface area (Å²) < 4.78 is 12.9. The Bertz CT molecular complexity index is 1120. The third-order valence-electron chi connectivity index (χ3n) is 3.92. The number of rotatable bonds is 6. The molecule has 0 aliphatic rings. The summed E-state index contributed by atoms with van der Waals surface area (Å²) in [5, 5.41) is 25.9. The average Bonchev–Trinajstić information content (AvgIpc) is 3.23. The number of carbonyl (C=O) groups is 1. The minimum absolute atomic E-state index is 0.0472. The van der Waals surface area contributed by atoms with Gasteiger partial charge in [0.25, 0.3) is 0 Å². The maximum atomic E-state index is 12.9. The zero-order valence-corrected chi connectivity index (χ0v) is 16.6. The van der Waals surface area contributed by atoms with Gasteiger partial charge in [-0.25, -0.2) is 9.37 Å². The second-order valence-corrected chi connectivity index (χ2v) is 7.68. The number of carbonyl (C=O) groups excluding carboxylic acids is 1. The highest BCUT2D eigenvalue weighted by atomic mass is 32.2. The third kappa shape index (κ3) is 4.72. The highest BCUT2D eigenvalue weighted by Gasteiger charge is 2.20. The average molecular weight is 423 g/mol. The van der Waals surface area contributed by atoms with Crippen LogP contribution in [0.3, 0.4) is 0 Å². The van der Waals surface area contributed by atoms with Crippen LogP contribution in [-0.4, -0.2) is 16.6 Å². The van der Waals surface area contributed by atoms with Crippen molar-refractivity contribution in [3.05, 3.63) is 58.0 Å². The normalized spacial score (nSPS) is 10.2. The number of nitrogens with two attached hydrogens (primary N) is 1. The van der Waals surface area contributed by atoms with Gasteiger partial charge in [0.2, 0.25) is 5.91 Å². The minimum atomic E-state index is -0.381. The van der Waals surface area contributed by atoms with E-state index in [9.17, 15) is 19.7 Å². The highest BCUT2D eigenvalue weighted by molar-refractivity contribution is 7.99. The number of pyridine rings is 1. The molecule has 0 saturated heterocycles. The fourth-order valence-corrected chi connectivity index (χ4v) is 4.18. The molecule has 1 amide bonds. The standard InChI is InChI=1S/C20H14FN5OS2/c21-13-1-3-14(4-2-13)25-17(27)6-8-29-20-16(10-23)18(12-5-7-28-11-12)15(9-22)19(24)26-20/h1-5,7,11H,6,8H2,(H2,24,26)(H,25,27). The van der Waals surface area contributed by atoms with E-state index in [-0.39, 0.29) is 35.1 Å². The van der Waals surface area contributed by atoms with Crippen molar-refractivity contribution < 1.29 is 9.18 Å².